The lowest BCUT2D eigenvalue weighted by atomic mass is 10.1. The number of rotatable bonds is 8. The van der Waals surface area contributed by atoms with Gasteiger partial charge in [0.25, 0.3) is 0 Å². The highest BCUT2D eigenvalue weighted by molar-refractivity contribution is 5.79. The Morgan fingerprint density at radius 1 is 1.30 bits per heavy atom. The quantitative estimate of drug-likeness (QED) is 0.570. The van der Waals surface area contributed by atoms with Crippen LogP contribution in [0.15, 0.2) is 23.2 Å². The number of methoxy groups -OCH3 is 1. The molecule has 0 aliphatic rings. The number of ether oxygens (including phenoxy) is 1. The van der Waals surface area contributed by atoms with Crippen molar-refractivity contribution in [3.63, 3.8) is 0 Å². The van der Waals surface area contributed by atoms with E-state index >= 15 is 0 Å². The molecule has 23 heavy (non-hydrogen) atoms. The molecule has 0 saturated heterocycles. The maximum absolute atomic E-state index is 5.44. The molecule has 0 spiro atoms. The second kappa shape index (κ2) is 10.1. The summed E-state index contributed by atoms with van der Waals surface area (Å²) in [6.45, 7) is 11.8. The summed E-state index contributed by atoms with van der Waals surface area (Å²) < 4.78 is 5.44. The van der Waals surface area contributed by atoms with Gasteiger partial charge in [0.2, 0.25) is 0 Å². The number of aryl methyl sites for hydroxylation is 1. The molecule has 1 rings (SSSR count). The van der Waals surface area contributed by atoms with Crippen LogP contribution >= 0.6 is 0 Å². The van der Waals surface area contributed by atoms with Crippen molar-refractivity contribution >= 4 is 5.96 Å². The Kier molecular flexibility index (Phi) is 8.48. The van der Waals surface area contributed by atoms with Crippen molar-refractivity contribution in [2.24, 2.45) is 4.99 Å². The van der Waals surface area contributed by atoms with Crippen LogP contribution < -0.4 is 15.4 Å². The highest BCUT2D eigenvalue weighted by atomic mass is 16.5. The Bertz CT molecular complexity index is 500. The van der Waals surface area contributed by atoms with Gasteiger partial charge in [0.05, 0.1) is 13.7 Å². The van der Waals surface area contributed by atoms with Crippen LogP contribution in [-0.4, -0.2) is 50.7 Å². The van der Waals surface area contributed by atoms with Crippen LogP contribution in [0.25, 0.3) is 0 Å². The van der Waals surface area contributed by atoms with Crippen molar-refractivity contribution in [1.82, 2.24) is 15.5 Å². The zero-order valence-corrected chi connectivity index (χ0v) is 15.4. The van der Waals surface area contributed by atoms with E-state index in [1.807, 2.05) is 6.07 Å². The lowest BCUT2D eigenvalue weighted by Gasteiger charge is -2.21. The Labute approximate surface area is 141 Å². The Hall–Kier alpha value is -1.75. The fourth-order valence-corrected chi connectivity index (χ4v) is 2.10. The molecule has 1 aromatic rings. The van der Waals surface area contributed by atoms with Crippen LogP contribution in [0, 0.1) is 6.92 Å². The zero-order chi connectivity index (χ0) is 17.2. The number of nitrogens with zero attached hydrogens (tertiary/aromatic N) is 2. The molecule has 5 nitrogen and oxygen atoms in total. The van der Waals surface area contributed by atoms with Gasteiger partial charge in [-0.25, -0.2) is 4.99 Å². The van der Waals surface area contributed by atoms with Crippen molar-refractivity contribution < 1.29 is 4.74 Å². The summed E-state index contributed by atoms with van der Waals surface area (Å²) in [6, 6.07) is 6.76. The van der Waals surface area contributed by atoms with Crippen LogP contribution in [0.4, 0.5) is 0 Å². The van der Waals surface area contributed by atoms with Gasteiger partial charge in [-0.2, -0.15) is 0 Å². The maximum atomic E-state index is 5.44. The van der Waals surface area contributed by atoms with Gasteiger partial charge >= 0.3 is 0 Å². The average molecular weight is 320 g/mol. The Morgan fingerprint density at radius 2 is 2.04 bits per heavy atom. The lowest BCUT2D eigenvalue weighted by Crippen LogP contribution is -2.42. The van der Waals surface area contributed by atoms with Crippen LogP contribution in [0.1, 0.15) is 31.9 Å². The maximum Gasteiger partial charge on any atom is 0.191 e. The van der Waals surface area contributed by atoms with Crippen molar-refractivity contribution in [3.05, 3.63) is 29.3 Å². The van der Waals surface area contributed by atoms with E-state index in [2.05, 4.69) is 67.4 Å². The molecule has 0 amide bonds. The largest absolute Gasteiger partial charge is 0.496 e. The SMILES string of the molecule is CCNC(=NCc1ccc(C)cc1OC)NCCN(C)C(C)C. The molecule has 2 N–H and O–H groups in total. The second-order valence-corrected chi connectivity index (χ2v) is 6.01. The first-order valence-corrected chi connectivity index (χ1v) is 8.33. The third-order valence-corrected chi connectivity index (χ3v) is 3.83. The summed E-state index contributed by atoms with van der Waals surface area (Å²) >= 11 is 0. The average Bonchev–Trinajstić information content (AvgIpc) is 2.52. The molecule has 0 bridgehead atoms. The van der Waals surface area contributed by atoms with E-state index in [9.17, 15) is 0 Å². The van der Waals surface area contributed by atoms with E-state index in [-0.39, 0.29) is 0 Å². The number of hydrogen-bond donors (Lipinski definition) is 2. The monoisotopic (exact) mass is 320 g/mol. The van der Waals surface area contributed by atoms with Crippen molar-refractivity contribution in [2.75, 3.05) is 33.8 Å². The third-order valence-electron chi connectivity index (χ3n) is 3.83. The number of aliphatic imine (C=N–C) groups is 1. The van der Waals surface area contributed by atoms with E-state index < -0.39 is 0 Å². The minimum Gasteiger partial charge on any atom is -0.496 e. The number of hydrogen-bond acceptors (Lipinski definition) is 3. The number of nitrogens with one attached hydrogen (secondary N) is 2. The summed E-state index contributed by atoms with van der Waals surface area (Å²) in [4.78, 5) is 6.96. The molecule has 1 aromatic carbocycles. The van der Waals surface area contributed by atoms with E-state index in [0.29, 0.717) is 12.6 Å². The molecule has 0 aliphatic heterocycles. The minimum atomic E-state index is 0.549. The highest BCUT2D eigenvalue weighted by Gasteiger charge is 2.05. The number of likely N-dealkylation sites (N-methyl/N-ethyl adjacent to an activating group) is 1. The molecular weight excluding hydrogens is 288 g/mol. The fourth-order valence-electron chi connectivity index (χ4n) is 2.10. The molecule has 0 atom stereocenters. The van der Waals surface area contributed by atoms with E-state index in [4.69, 9.17) is 4.74 Å². The third kappa shape index (κ3) is 6.91. The van der Waals surface area contributed by atoms with Gasteiger partial charge in [0, 0.05) is 31.2 Å². The van der Waals surface area contributed by atoms with Gasteiger partial charge in [0.15, 0.2) is 5.96 Å². The smallest absolute Gasteiger partial charge is 0.191 e. The molecule has 0 heterocycles. The van der Waals surface area contributed by atoms with Crippen molar-refractivity contribution in [1.29, 1.82) is 0 Å². The van der Waals surface area contributed by atoms with Gasteiger partial charge in [0.1, 0.15) is 5.75 Å². The lowest BCUT2D eigenvalue weighted by molar-refractivity contribution is 0.278. The Morgan fingerprint density at radius 3 is 2.65 bits per heavy atom. The normalized spacial score (nSPS) is 11.9. The van der Waals surface area contributed by atoms with Crippen LogP contribution in [0.5, 0.6) is 5.75 Å². The molecule has 0 unspecified atom stereocenters. The first kappa shape index (κ1) is 19.3. The van der Waals surface area contributed by atoms with E-state index in [1.54, 1.807) is 7.11 Å². The van der Waals surface area contributed by atoms with Gasteiger partial charge in [-0.1, -0.05) is 12.1 Å². The van der Waals surface area contributed by atoms with Crippen LogP contribution in [0.2, 0.25) is 0 Å². The molecule has 0 aromatic heterocycles. The van der Waals surface area contributed by atoms with Crippen molar-refractivity contribution in [2.45, 2.75) is 40.3 Å². The molecular formula is C18H32N4O. The molecule has 0 saturated carbocycles. The van der Waals surface area contributed by atoms with Gasteiger partial charge in [-0.15, -0.1) is 0 Å². The zero-order valence-electron chi connectivity index (χ0n) is 15.4. The Balaban J connectivity index is 2.64. The van der Waals surface area contributed by atoms with Gasteiger partial charge in [-0.3, -0.25) is 0 Å². The predicted octanol–water partition coefficient (Wildman–Crippen LogP) is 2.40. The van der Waals surface area contributed by atoms with Crippen molar-refractivity contribution in [3.8, 4) is 5.75 Å². The summed E-state index contributed by atoms with van der Waals surface area (Å²) in [6.07, 6.45) is 0. The fraction of sp³-hybridized carbons (Fsp3) is 0.611. The van der Waals surface area contributed by atoms with Gasteiger partial charge in [-0.05, 0) is 46.4 Å². The van der Waals surface area contributed by atoms with E-state index in [0.717, 1.165) is 36.9 Å². The first-order valence-electron chi connectivity index (χ1n) is 8.33. The molecule has 130 valence electrons. The second-order valence-electron chi connectivity index (χ2n) is 6.01. The number of guanidine groups is 1. The predicted molar refractivity (Wildman–Crippen MR) is 98.3 cm³/mol. The summed E-state index contributed by atoms with van der Waals surface area (Å²) in [5, 5.41) is 6.67. The molecule has 0 fully saturated rings. The molecule has 0 aliphatic carbocycles. The molecule has 5 heteroatoms. The van der Waals surface area contributed by atoms with Crippen LogP contribution in [-0.2, 0) is 6.54 Å². The van der Waals surface area contributed by atoms with Gasteiger partial charge < -0.3 is 20.3 Å². The summed E-state index contributed by atoms with van der Waals surface area (Å²) in [7, 11) is 3.83. The first-order chi connectivity index (χ1) is 11.0. The summed E-state index contributed by atoms with van der Waals surface area (Å²) in [5.41, 5.74) is 2.28. The van der Waals surface area contributed by atoms with E-state index in [1.165, 1.54) is 5.56 Å². The van der Waals surface area contributed by atoms with Crippen LogP contribution in [0.3, 0.4) is 0 Å². The minimum absolute atomic E-state index is 0.549. The highest BCUT2D eigenvalue weighted by Crippen LogP contribution is 2.20. The standard InChI is InChI=1S/C18H32N4O/c1-7-19-18(20-10-11-22(5)14(2)3)21-13-16-9-8-15(4)12-17(16)23-6/h8-9,12,14H,7,10-11,13H2,1-6H3,(H2,19,20,21). The number of benzene rings is 1. The summed E-state index contributed by atoms with van der Waals surface area (Å²) in [5.74, 6) is 1.73. The molecule has 0 radical (unpaired) electrons. The topological polar surface area (TPSA) is 48.9 Å².